The average molecular weight is 2050 g/mol. The summed E-state index contributed by atoms with van der Waals surface area (Å²) in [6.07, 6.45) is 2.18. The summed E-state index contributed by atoms with van der Waals surface area (Å²) < 4.78 is 26.5. The number of rotatable bonds is 16. The Bertz CT molecular complexity index is 4250. The summed E-state index contributed by atoms with van der Waals surface area (Å²) in [5.74, 6) is 7.40. The zero-order valence-electron chi connectivity index (χ0n) is 73.9. The number of hydroxylamine groups is 2. The molecule has 2 aliphatic rings. The second kappa shape index (κ2) is 72.9. The van der Waals surface area contributed by atoms with Crippen LogP contribution in [0.25, 0.3) is 29.1 Å². The van der Waals surface area contributed by atoms with Crippen molar-refractivity contribution in [3.05, 3.63) is 184 Å². The third-order valence-electron chi connectivity index (χ3n) is 15.6. The molecule has 3 radical (unpaired) electrons. The van der Waals surface area contributed by atoms with E-state index in [1.54, 1.807) is 50.7 Å². The van der Waals surface area contributed by atoms with Crippen molar-refractivity contribution >= 4 is 132 Å². The number of alkyl halides is 4. The van der Waals surface area contributed by atoms with Gasteiger partial charge in [0.05, 0.1) is 63.0 Å². The number of nitrogens with two attached hydrogens (primary N) is 1. The molecule has 2 unspecified atom stereocenters. The topological polar surface area (TPSA) is 398 Å². The minimum Gasteiger partial charge on any atom is -1.00 e. The standard InChI is InChI=1S/C13H18BrN3O.C13H16BrN3O.C13H17N3O.C12H16N4O2.C11H13N3O.C4H8O.C2H4Br2.C2H3N.C2H6O.CH2O3.CH4O.CH3.B.BrH.ClH.2K.Mg.H3NO.Na.2H/c2*1-9-4-5-10(2)17(9)13-8-12(11(3)18)16(15-13)7-6-14;1-9-4-5-10(2)16(9)13-8-12-11(3)17-7-6-15(12)14-13;1-8-5-6-9(2)16(8)11-7-10(13-14-11)12(17)15(3)18-4;1-7-4-5-8(2)14(7)11-6-10(9(3)15)12-13-11;1-2-4-5-3-1;3-1-2-4;2*1-2-3;2-1-4-3;1-2;;;;;;;;1-2;;;/h4-5,8,11,18H,6-7H2,1-3H3;4-5,8H,6-7H2,1-3H3;4-5,8,11H,6-7H2,1-3H3;5-7H,1-4H3,(H,13,14);4-6H,1-3H3,(H,12,13);1-4H2;1-2H2;1H3;3H,2H2,1H3;1,3H;2H,1H3;1H3;;2*1H;;;;2H,1H2;;;/q;;;;;;;;;;;-1;;;;2*+1;+2;;+1;2*-1/p-2. The predicted octanol–water partition coefficient (Wildman–Crippen LogP) is 0.310. The van der Waals surface area contributed by atoms with E-state index in [2.05, 4.69) is 194 Å². The summed E-state index contributed by atoms with van der Waals surface area (Å²) in [7, 11) is 3.99. The number of hydrogen-bond donors (Lipinski definition) is 7. The average Bonchev–Trinajstić information content (AvgIpc) is 1.66. The van der Waals surface area contributed by atoms with Crippen molar-refractivity contribution in [2.45, 2.75) is 155 Å². The molecule has 0 aromatic carbocycles. The summed E-state index contributed by atoms with van der Waals surface area (Å²) >= 11 is 13.2. The zero-order valence-corrected chi connectivity index (χ0v) is 90.3. The van der Waals surface area contributed by atoms with Gasteiger partial charge in [-0.1, -0.05) is 63.7 Å². The van der Waals surface area contributed by atoms with Crippen LogP contribution in [0.1, 0.15) is 169 Å². The molecule has 10 aromatic heterocycles. The van der Waals surface area contributed by atoms with Gasteiger partial charge in [-0.25, -0.2) is 11.0 Å². The molecule has 2 atom stereocenters. The number of aromatic amines is 2. The first-order chi connectivity index (χ1) is 52.0. The third kappa shape index (κ3) is 42.9. The Morgan fingerprint density at radius 2 is 0.991 bits per heavy atom. The molecule has 117 heavy (non-hydrogen) atoms. The molecule has 8 N–H and O–H groups in total. The smallest absolute Gasteiger partial charge is 1.00 e. The fourth-order valence-corrected chi connectivity index (χ4v) is 11.3. The molecule has 2 aliphatic heterocycles. The van der Waals surface area contributed by atoms with E-state index in [0.717, 1.165) is 141 Å². The number of fused-ring (bicyclic) bond motifs is 1. The molecule has 0 saturated carbocycles. The molecule has 1 saturated heterocycles. The largest absolute Gasteiger partial charge is 2.00 e. The number of ketones is 2. The van der Waals surface area contributed by atoms with Crippen molar-refractivity contribution in [1.29, 1.82) is 5.26 Å². The Morgan fingerprint density at radius 3 is 1.28 bits per heavy atom. The normalized spacial score (nSPS) is 11.3. The summed E-state index contributed by atoms with van der Waals surface area (Å²) in [4.78, 5) is 50.7. The zero-order chi connectivity index (χ0) is 82.6. The first-order valence-corrected chi connectivity index (χ1v) is 38.9. The van der Waals surface area contributed by atoms with Crippen molar-refractivity contribution in [2.24, 2.45) is 5.90 Å². The number of carbonyl (C=O) groups is 4. The number of amides is 1. The van der Waals surface area contributed by atoms with Gasteiger partial charge in [0.2, 0.25) is 0 Å². The molecule has 0 bridgehead atoms. The molecule has 31 nitrogen and oxygen atoms in total. The van der Waals surface area contributed by atoms with Gasteiger partial charge in [0, 0.05) is 172 Å². The van der Waals surface area contributed by atoms with E-state index in [9.17, 15) is 19.5 Å². The molecule has 1 amide bonds. The minimum absolute atomic E-state index is 0. The number of nitrogens with one attached hydrogen (secondary N) is 2. The van der Waals surface area contributed by atoms with E-state index >= 15 is 0 Å². The van der Waals surface area contributed by atoms with Crippen LogP contribution in [-0.2, 0) is 43.6 Å². The van der Waals surface area contributed by atoms with Crippen molar-refractivity contribution in [3.63, 3.8) is 0 Å². The number of aryl methyl sites for hydroxylation is 12. The van der Waals surface area contributed by atoms with Gasteiger partial charge in [0.1, 0.15) is 17.1 Å². The Morgan fingerprint density at radius 1 is 0.667 bits per heavy atom. The van der Waals surface area contributed by atoms with Crippen LogP contribution in [0, 0.1) is 88.0 Å². The Hall–Kier alpha value is -2.35. The number of carbonyl (C=O) groups excluding carboxylic acids is 4. The minimum atomic E-state index is -0.513. The fraction of sp³-hybridized carbons (Fsp3) is 0.453. The fourth-order valence-electron chi connectivity index (χ4n) is 10.7. The molecule has 1 fully saturated rings. The van der Waals surface area contributed by atoms with Crippen molar-refractivity contribution in [3.8, 4) is 35.2 Å². The van der Waals surface area contributed by atoms with Crippen LogP contribution in [0.2, 0.25) is 0 Å². The van der Waals surface area contributed by atoms with Gasteiger partial charge in [0.25, 0.3) is 12.4 Å². The van der Waals surface area contributed by atoms with Gasteiger partial charge in [-0.05, 0) is 164 Å². The van der Waals surface area contributed by atoms with Crippen LogP contribution in [0.5, 0.6) is 0 Å². The van der Waals surface area contributed by atoms with Crippen LogP contribution >= 0.6 is 76.1 Å². The molecule has 10 aromatic rings. The van der Waals surface area contributed by atoms with Gasteiger partial charge < -0.3 is 90.2 Å². The number of halogens is 6. The number of hydrogen-bond acceptors (Lipinski definition) is 20. The summed E-state index contributed by atoms with van der Waals surface area (Å²) in [5, 5.41) is 78.9. The number of nitrogens with zero attached hydrogens (tertiary/aromatic N) is 15. The monoisotopic (exact) mass is 2040 g/mol. The SMILES string of the molecule is BrCCBr.C1CCOC1.CC#N.CC(=O)c1cc(-n2c(C)ccc2C)n[nH]1.CC(=O)c1cc(-n2c(C)ccc2C)nn1CCBr.CCO.CO.CON(C)C(=O)c1cc(-n2c(C)ccc2C)n[nH]1.Cc1ccc(C)n1-c1cc(C(C)O)n(CCBr)n1.Cc1ccc(C)n1-c1cc2n(n1)CCOC2C.Cl.NO.O=CO[O-].[B].[Br-].[CH3-].[H-].[H-].[K+].[K+].[Mg+2].[Na+]. The first kappa shape index (κ1) is 130. The maximum absolute atomic E-state index is 11.8. The van der Waals surface area contributed by atoms with E-state index in [4.69, 9.17) is 45.0 Å². The number of nitriles is 1. The number of ether oxygens (including phenoxy) is 2. The van der Waals surface area contributed by atoms with Gasteiger partial charge in [-0.15, -0.1) is 12.4 Å². The maximum Gasteiger partial charge on any atom is 2.00 e. The van der Waals surface area contributed by atoms with Crippen LogP contribution in [0.15, 0.2) is 91.0 Å². The second-order valence-corrected chi connectivity index (χ2v) is 26.7. The quantitative estimate of drug-likeness (QED) is 0.0130. The first-order valence-electron chi connectivity index (χ1n) is 34.5. The summed E-state index contributed by atoms with van der Waals surface area (Å²) in [5.41, 5.74) is 14.9. The summed E-state index contributed by atoms with van der Waals surface area (Å²) in [6.45, 7) is 35.5. The molecule has 633 valence electrons. The molecular formula is C75H115BBr5ClK2MgN18NaO13. The van der Waals surface area contributed by atoms with Crippen LogP contribution in [0.3, 0.4) is 0 Å². The van der Waals surface area contributed by atoms with Gasteiger partial charge in [-0.3, -0.25) is 48.3 Å². The predicted molar refractivity (Wildman–Crippen MR) is 460 cm³/mol. The molecule has 12 heterocycles. The van der Waals surface area contributed by atoms with Crippen molar-refractivity contribution in [2.75, 3.05) is 69.0 Å². The Kier molecular flexibility index (Phi) is 81.1. The number of Topliss-reactive ketones (excluding diaryl/α,β-unsaturated/α-hetero) is 2. The van der Waals surface area contributed by atoms with Crippen molar-refractivity contribution in [1.82, 2.24) is 77.6 Å². The number of aromatic nitrogens is 15. The number of H-pyrrole nitrogens is 2. The Labute approximate surface area is 868 Å². The molecular weight excluding hydrogens is 1930 g/mol. The van der Waals surface area contributed by atoms with E-state index in [0.29, 0.717) is 29.4 Å². The number of aliphatic hydroxyl groups excluding tert-OH is 3. The van der Waals surface area contributed by atoms with E-state index in [1.807, 2.05) is 104 Å². The van der Waals surface area contributed by atoms with Gasteiger partial charge >= 0.3 is 155 Å². The van der Waals surface area contributed by atoms with E-state index in [1.165, 1.54) is 50.9 Å². The van der Waals surface area contributed by atoms with Crippen LogP contribution < -0.4 is 160 Å². The van der Waals surface area contributed by atoms with Gasteiger partial charge in [0.15, 0.2) is 40.7 Å². The Balaban J connectivity index is -0.000000143. The molecule has 12 rings (SSSR count). The van der Waals surface area contributed by atoms with Crippen molar-refractivity contribution < 1.29 is 216 Å². The van der Waals surface area contributed by atoms with E-state index in [-0.39, 0.29) is 240 Å². The number of aliphatic hydroxyl groups is 3. The van der Waals surface area contributed by atoms with E-state index < -0.39 is 6.10 Å². The molecule has 42 heteroatoms. The second-order valence-electron chi connectivity index (χ2n) is 23.5. The summed E-state index contributed by atoms with van der Waals surface area (Å²) in [6, 6.07) is 31.7. The third-order valence-corrected chi connectivity index (χ3v) is 18.1. The molecule has 0 spiro atoms. The molecule has 0 aliphatic carbocycles. The van der Waals surface area contributed by atoms with Gasteiger partial charge in [-0.2, -0.15) is 30.8 Å². The maximum atomic E-state index is 11.8. The van der Waals surface area contributed by atoms with Crippen LogP contribution in [-0.4, -0.2) is 223 Å². The van der Waals surface area contributed by atoms with Crippen LogP contribution in [0.4, 0.5) is 0 Å².